The molecule has 2 aliphatic rings. The highest BCUT2D eigenvalue weighted by atomic mass is 35.5. The lowest BCUT2D eigenvalue weighted by atomic mass is 10.3. The van der Waals surface area contributed by atoms with Gasteiger partial charge in [-0.3, -0.25) is 9.69 Å². The van der Waals surface area contributed by atoms with Crippen molar-refractivity contribution in [3.63, 3.8) is 0 Å². The lowest BCUT2D eigenvalue weighted by Gasteiger charge is -2.22. The molecule has 9 heteroatoms. The molecule has 2 aromatic rings. The van der Waals surface area contributed by atoms with Crippen molar-refractivity contribution in [2.24, 2.45) is 0 Å². The van der Waals surface area contributed by atoms with Gasteiger partial charge in [0.2, 0.25) is 11.8 Å². The first-order valence-corrected chi connectivity index (χ1v) is 9.52. The molecule has 2 saturated heterocycles. The van der Waals surface area contributed by atoms with Crippen LogP contribution in [0.25, 0.3) is 0 Å². The van der Waals surface area contributed by atoms with Crippen molar-refractivity contribution in [2.45, 2.75) is 12.5 Å². The molecule has 2 fully saturated rings. The number of urea groups is 1. The number of anilines is 1. The van der Waals surface area contributed by atoms with E-state index in [1.165, 1.54) is 0 Å². The highest BCUT2D eigenvalue weighted by Crippen LogP contribution is 2.23. The number of carbonyl (C=O) groups is 2. The first kappa shape index (κ1) is 18.5. The Balaban J connectivity index is 1.30. The number of nitrogens with zero attached hydrogens (tertiary/aromatic N) is 5. The van der Waals surface area contributed by atoms with E-state index in [4.69, 9.17) is 16.3 Å². The van der Waals surface area contributed by atoms with Crippen molar-refractivity contribution in [3.05, 3.63) is 47.6 Å². The average Bonchev–Trinajstić information content (AvgIpc) is 3.31. The number of hydrogen-bond acceptors (Lipinski definition) is 5. The molecule has 0 aliphatic carbocycles. The van der Waals surface area contributed by atoms with Gasteiger partial charge in [-0.2, -0.15) is 5.10 Å². The van der Waals surface area contributed by atoms with Gasteiger partial charge in [-0.25, -0.2) is 4.79 Å². The standard InChI is InChI=1S/C19H20ClN5O3/c20-14-3-5-15(6-4-14)25-11-10-24(19(25)27)13-18(26)23-9-7-16(12-23)28-17-2-1-8-21-22-17/h1-6,8,16H,7,9-13H2. The molecular weight excluding hydrogens is 382 g/mol. The zero-order valence-electron chi connectivity index (χ0n) is 15.2. The van der Waals surface area contributed by atoms with Crippen LogP contribution < -0.4 is 9.64 Å². The second-order valence-electron chi connectivity index (χ2n) is 6.76. The summed E-state index contributed by atoms with van der Waals surface area (Å²) < 4.78 is 5.76. The molecule has 3 heterocycles. The molecule has 1 aromatic heterocycles. The Labute approximate surface area is 167 Å². The number of benzene rings is 1. The van der Waals surface area contributed by atoms with Crippen LogP contribution >= 0.6 is 11.6 Å². The first-order chi connectivity index (χ1) is 13.6. The van der Waals surface area contributed by atoms with Crippen LogP contribution in [0.3, 0.4) is 0 Å². The van der Waals surface area contributed by atoms with Crippen molar-refractivity contribution in [3.8, 4) is 5.88 Å². The number of rotatable bonds is 5. The first-order valence-electron chi connectivity index (χ1n) is 9.14. The van der Waals surface area contributed by atoms with Crippen LogP contribution in [0.15, 0.2) is 42.6 Å². The van der Waals surface area contributed by atoms with Crippen LogP contribution in [0.2, 0.25) is 5.02 Å². The number of aromatic nitrogens is 2. The SMILES string of the molecule is O=C(CN1CCN(c2ccc(Cl)cc2)C1=O)N1CCC(Oc2cccnn2)C1. The molecule has 3 amide bonds. The molecule has 0 radical (unpaired) electrons. The monoisotopic (exact) mass is 401 g/mol. The molecule has 146 valence electrons. The zero-order valence-corrected chi connectivity index (χ0v) is 16.0. The number of carbonyl (C=O) groups excluding carboxylic acids is 2. The molecule has 4 rings (SSSR count). The Hall–Kier alpha value is -2.87. The van der Waals surface area contributed by atoms with E-state index < -0.39 is 0 Å². The molecule has 0 spiro atoms. The number of ether oxygens (including phenoxy) is 1. The minimum atomic E-state index is -0.165. The summed E-state index contributed by atoms with van der Waals surface area (Å²) in [6.07, 6.45) is 2.20. The van der Waals surface area contributed by atoms with Crippen molar-refractivity contribution in [2.75, 3.05) is 37.6 Å². The summed E-state index contributed by atoms with van der Waals surface area (Å²) in [5.74, 6) is 0.381. The van der Waals surface area contributed by atoms with E-state index in [2.05, 4.69) is 10.2 Å². The molecule has 1 aromatic carbocycles. The van der Waals surface area contributed by atoms with E-state index >= 15 is 0 Å². The topological polar surface area (TPSA) is 78.9 Å². The van der Waals surface area contributed by atoms with Crippen molar-refractivity contribution in [1.29, 1.82) is 0 Å². The highest BCUT2D eigenvalue weighted by Gasteiger charge is 2.34. The van der Waals surface area contributed by atoms with Crippen LogP contribution in [0, 0.1) is 0 Å². The Morgan fingerprint density at radius 2 is 2.00 bits per heavy atom. The molecule has 1 unspecified atom stereocenters. The summed E-state index contributed by atoms with van der Waals surface area (Å²) in [5.41, 5.74) is 0.781. The summed E-state index contributed by atoms with van der Waals surface area (Å²) in [4.78, 5) is 30.3. The molecule has 0 bridgehead atoms. The van der Waals surface area contributed by atoms with Gasteiger partial charge in [0, 0.05) is 49.0 Å². The predicted molar refractivity (Wildman–Crippen MR) is 103 cm³/mol. The Morgan fingerprint density at radius 1 is 1.18 bits per heavy atom. The Bertz CT molecular complexity index is 848. The maximum atomic E-state index is 12.7. The summed E-state index contributed by atoms with van der Waals surface area (Å²) in [6.45, 7) is 2.22. The van der Waals surface area contributed by atoms with Gasteiger partial charge in [-0.1, -0.05) is 11.6 Å². The second kappa shape index (κ2) is 8.02. The average molecular weight is 402 g/mol. The summed E-state index contributed by atoms with van der Waals surface area (Å²) in [7, 11) is 0. The summed E-state index contributed by atoms with van der Waals surface area (Å²) >= 11 is 5.91. The minimum absolute atomic E-state index is 0.0702. The number of hydrogen-bond donors (Lipinski definition) is 0. The largest absolute Gasteiger partial charge is 0.471 e. The predicted octanol–water partition coefficient (Wildman–Crippen LogP) is 2.05. The van der Waals surface area contributed by atoms with Gasteiger partial charge in [0.05, 0.1) is 6.54 Å². The Kier molecular flexibility index (Phi) is 5.29. The van der Waals surface area contributed by atoms with Crippen LogP contribution in [-0.2, 0) is 4.79 Å². The fraction of sp³-hybridized carbons (Fsp3) is 0.368. The van der Waals surface area contributed by atoms with Gasteiger partial charge in [0.15, 0.2) is 0 Å². The van der Waals surface area contributed by atoms with Gasteiger partial charge in [-0.15, -0.1) is 5.10 Å². The summed E-state index contributed by atoms with van der Waals surface area (Å²) in [6, 6.07) is 10.4. The molecule has 0 saturated carbocycles. The van der Waals surface area contributed by atoms with Gasteiger partial charge in [0.1, 0.15) is 12.6 Å². The lowest BCUT2D eigenvalue weighted by molar-refractivity contribution is -0.130. The molecule has 2 aliphatic heterocycles. The van der Waals surface area contributed by atoms with Gasteiger partial charge in [-0.05, 0) is 30.3 Å². The van der Waals surface area contributed by atoms with Crippen LogP contribution in [0.1, 0.15) is 6.42 Å². The normalized spacial score (nSPS) is 19.4. The fourth-order valence-corrected chi connectivity index (χ4v) is 3.55. The molecule has 8 nitrogen and oxygen atoms in total. The quantitative estimate of drug-likeness (QED) is 0.766. The van der Waals surface area contributed by atoms with Crippen LogP contribution in [0.4, 0.5) is 10.5 Å². The Morgan fingerprint density at radius 3 is 2.75 bits per heavy atom. The maximum absolute atomic E-state index is 12.7. The van der Waals surface area contributed by atoms with E-state index in [-0.39, 0.29) is 24.6 Å². The number of likely N-dealkylation sites (tertiary alicyclic amines) is 1. The van der Waals surface area contributed by atoms with Crippen molar-refractivity contribution >= 4 is 29.2 Å². The highest BCUT2D eigenvalue weighted by molar-refractivity contribution is 6.30. The van der Waals surface area contributed by atoms with E-state index in [1.807, 2.05) is 0 Å². The summed E-state index contributed by atoms with van der Waals surface area (Å²) in [5, 5.41) is 8.31. The van der Waals surface area contributed by atoms with Crippen molar-refractivity contribution < 1.29 is 14.3 Å². The fourth-order valence-electron chi connectivity index (χ4n) is 3.43. The van der Waals surface area contributed by atoms with Crippen molar-refractivity contribution in [1.82, 2.24) is 20.0 Å². The minimum Gasteiger partial charge on any atom is -0.471 e. The third kappa shape index (κ3) is 4.01. The third-order valence-corrected chi connectivity index (χ3v) is 5.14. The van der Waals surface area contributed by atoms with Gasteiger partial charge >= 0.3 is 6.03 Å². The van der Waals surface area contributed by atoms with E-state index in [0.717, 1.165) is 12.1 Å². The number of amides is 3. The van der Waals surface area contributed by atoms with E-state index in [1.54, 1.807) is 57.3 Å². The van der Waals surface area contributed by atoms with Crippen LogP contribution in [-0.4, -0.2) is 70.8 Å². The zero-order chi connectivity index (χ0) is 19.5. The molecule has 0 N–H and O–H groups in total. The molecule has 1 atom stereocenters. The molecule has 28 heavy (non-hydrogen) atoms. The van der Waals surface area contributed by atoms with E-state index in [9.17, 15) is 9.59 Å². The third-order valence-electron chi connectivity index (χ3n) is 4.89. The van der Waals surface area contributed by atoms with E-state index in [0.29, 0.717) is 37.1 Å². The maximum Gasteiger partial charge on any atom is 0.325 e. The smallest absolute Gasteiger partial charge is 0.325 e. The molecular formula is C19H20ClN5O3. The van der Waals surface area contributed by atoms with Gasteiger partial charge < -0.3 is 14.5 Å². The van der Waals surface area contributed by atoms with Gasteiger partial charge in [0.25, 0.3) is 0 Å². The number of halogens is 1. The lowest BCUT2D eigenvalue weighted by Crippen LogP contribution is -2.42. The second-order valence-corrected chi connectivity index (χ2v) is 7.20. The van der Waals surface area contributed by atoms with Crippen LogP contribution in [0.5, 0.6) is 5.88 Å².